The number of rotatable bonds is 2. The average Bonchev–Trinajstić information content (AvgIpc) is 2.56. The van der Waals surface area contributed by atoms with Gasteiger partial charge in [0.25, 0.3) is 0 Å². The fourth-order valence-corrected chi connectivity index (χ4v) is 1.96. The van der Waals surface area contributed by atoms with Crippen LogP contribution >= 0.6 is 23.4 Å². The molecule has 0 spiro atoms. The quantitative estimate of drug-likeness (QED) is 0.789. The minimum Gasteiger partial charge on any atom is -0.468 e. The van der Waals surface area contributed by atoms with Crippen LogP contribution in [0.2, 0.25) is 5.15 Å². The maximum absolute atomic E-state index is 5.87. The van der Waals surface area contributed by atoms with Crippen LogP contribution in [0.15, 0.2) is 39.1 Å². The largest absolute Gasteiger partial charge is 0.468 e. The fourth-order valence-electron chi connectivity index (χ4n) is 0.960. The molecule has 0 aliphatic rings. The lowest BCUT2D eigenvalue weighted by atomic mass is 10.5. The Morgan fingerprint density at radius 3 is 2.79 bits per heavy atom. The number of halogens is 1. The van der Waals surface area contributed by atoms with Gasteiger partial charge in [0.1, 0.15) is 10.8 Å². The molecular weight excluding hydrogens is 220 g/mol. The molecule has 2 heterocycles. The Morgan fingerprint density at radius 1 is 1.36 bits per heavy atom. The van der Waals surface area contributed by atoms with Crippen LogP contribution in [0.4, 0.5) is 0 Å². The number of hydrogen-bond donors (Lipinski definition) is 0. The summed E-state index contributed by atoms with van der Waals surface area (Å²) in [5.74, 6) is 0.858. The highest BCUT2D eigenvalue weighted by atomic mass is 35.5. The second-order valence-corrected chi connectivity index (χ2v) is 3.98. The first kappa shape index (κ1) is 9.55. The summed E-state index contributed by atoms with van der Waals surface area (Å²) in [6.07, 6.45) is 4.82. The highest BCUT2D eigenvalue weighted by molar-refractivity contribution is 7.99. The summed E-state index contributed by atoms with van der Waals surface area (Å²) in [6, 6.07) is 1.88. The Bertz CT molecular complexity index is 444. The molecule has 0 unspecified atom stereocenters. The van der Waals surface area contributed by atoms with Gasteiger partial charge in [0.05, 0.1) is 11.2 Å². The van der Waals surface area contributed by atoms with Gasteiger partial charge in [0, 0.05) is 12.4 Å². The maximum Gasteiger partial charge on any atom is 0.161 e. The van der Waals surface area contributed by atoms with Crippen molar-refractivity contribution in [2.24, 2.45) is 0 Å². The Morgan fingerprint density at radius 2 is 2.14 bits per heavy atom. The summed E-state index contributed by atoms with van der Waals surface area (Å²) in [6.45, 7) is 1.90. The number of nitrogens with zero attached hydrogens (tertiary/aromatic N) is 2. The van der Waals surface area contributed by atoms with Crippen molar-refractivity contribution in [3.63, 3.8) is 0 Å². The lowest BCUT2D eigenvalue weighted by molar-refractivity contribution is 0.527. The SMILES string of the molecule is Cc1occc1Sc1nccnc1Cl. The van der Waals surface area contributed by atoms with Crippen molar-refractivity contribution < 1.29 is 4.42 Å². The predicted molar refractivity (Wildman–Crippen MR) is 54.6 cm³/mol. The average molecular weight is 227 g/mol. The predicted octanol–water partition coefficient (Wildman–Crippen LogP) is 3.18. The molecule has 0 atom stereocenters. The third-order valence-electron chi connectivity index (χ3n) is 1.64. The molecule has 3 nitrogen and oxygen atoms in total. The third kappa shape index (κ3) is 1.91. The van der Waals surface area contributed by atoms with E-state index in [1.807, 2.05) is 13.0 Å². The Balaban J connectivity index is 2.28. The summed E-state index contributed by atoms with van der Waals surface area (Å²) in [4.78, 5) is 9.07. The van der Waals surface area contributed by atoms with E-state index in [9.17, 15) is 0 Å². The molecule has 5 heteroatoms. The number of aryl methyl sites for hydroxylation is 1. The Kier molecular flexibility index (Phi) is 2.74. The van der Waals surface area contributed by atoms with Gasteiger partial charge in [-0.15, -0.1) is 0 Å². The smallest absolute Gasteiger partial charge is 0.161 e. The zero-order chi connectivity index (χ0) is 9.97. The summed E-state index contributed by atoms with van der Waals surface area (Å²) >= 11 is 7.32. The first-order valence-corrected chi connectivity index (χ1v) is 5.15. The van der Waals surface area contributed by atoms with Gasteiger partial charge >= 0.3 is 0 Å². The Labute approximate surface area is 90.5 Å². The molecule has 14 heavy (non-hydrogen) atoms. The lowest BCUT2D eigenvalue weighted by Gasteiger charge is -1.99. The normalized spacial score (nSPS) is 10.4. The molecule has 2 aromatic heterocycles. The van der Waals surface area contributed by atoms with Crippen molar-refractivity contribution in [3.8, 4) is 0 Å². The number of aromatic nitrogens is 2. The van der Waals surface area contributed by atoms with E-state index in [1.54, 1.807) is 18.7 Å². The van der Waals surface area contributed by atoms with Crippen LogP contribution in [0, 0.1) is 6.92 Å². The minimum atomic E-state index is 0.415. The lowest BCUT2D eigenvalue weighted by Crippen LogP contribution is -1.83. The van der Waals surface area contributed by atoms with Crippen LogP contribution < -0.4 is 0 Å². The van der Waals surface area contributed by atoms with E-state index in [4.69, 9.17) is 16.0 Å². The zero-order valence-electron chi connectivity index (χ0n) is 7.40. The molecule has 2 aromatic rings. The van der Waals surface area contributed by atoms with E-state index in [-0.39, 0.29) is 0 Å². The first-order chi connectivity index (χ1) is 6.77. The van der Waals surface area contributed by atoms with Crippen LogP contribution in [0.1, 0.15) is 5.76 Å². The highest BCUT2D eigenvalue weighted by Crippen LogP contribution is 2.32. The van der Waals surface area contributed by atoms with Gasteiger partial charge in [-0.2, -0.15) is 0 Å². The monoisotopic (exact) mass is 226 g/mol. The van der Waals surface area contributed by atoms with Gasteiger partial charge in [-0.05, 0) is 13.0 Å². The van der Waals surface area contributed by atoms with Crippen LogP contribution in [-0.4, -0.2) is 9.97 Å². The maximum atomic E-state index is 5.87. The summed E-state index contributed by atoms with van der Waals surface area (Å²) in [5.41, 5.74) is 0. The van der Waals surface area contributed by atoms with Crippen LogP contribution in [0.5, 0.6) is 0 Å². The van der Waals surface area contributed by atoms with Gasteiger partial charge in [-0.1, -0.05) is 23.4 Å². The van der Waals surface area contributed by atoms with E-state index < -0.39 is 0 Å². The van der Waals surface area contributed by atoms with Crippen molar-refractivity contribution in [2.45, 2.75) is 16.8 Å². The standard InChI is InChI=1S/C9H7ClN2OS/c1-6-7(2-5-13-6)14-9-8(10)11-3-4-12-9/h2-5H,1H3. The summed E-state index contributed by atoms with van der Waals surface area (Å²) < 4.78 is 5.16. The summed E-state index contributed by atoms with van der Waals surface area (Å²) in [5, 5.41) is 1.11. The molecule has 0 N–H and O–H groups in total. The van der Waals surface area contributed by atoms with Gasteiger partial charge in [0.2, 0.25) is 0 Å². The van der Waals surface area contributed by atoms with Crippen molar-refractivity contribution in [1.82, 2.24) is 9.97 Å². The van der Waals surface area contributed by atoms with Crippen LogP contribution in [-0.2, 0) is 0 Å². The molecule has 0 aromatic carbocycles. The molecule has 0 aliphatic carbocycles. The van der Waals surface area contributed by atoms with E-state index in [2.05, 4.69) is 9.97 Å². The topological polar surface area (TPSA) is 38.9 Å². The zero-order valence-corrected chi connectivity index (χ0v) is 8.97. The minimum absolute atomic E-state index is 0.415. The molecule has 0 saturated heterocycles. The van der Waals surface area contributed by atoms with Crippen molar-refractivity contribution in [2.75, 3.05) is 0 Å². The van der Waals surface area contributed by atoms with Crippen LogP contribution in [0.25, 0.3) is 0 Å². The number of hydrogen-bond acceptors (Lipinski definition) is 4. The molecular formula is C9H7ClN2OS. The highest BCUT2D eigenvalue weighted by Gasteiger charge is 2.08. The van der Waals surface area contributed by atoms with Gasteiger partial charge in [0.15, 0.2) is 5.15 Å². The van der Waals surface area contributed by atoms with E-state index in [1.165, 1.54) is 11.8 Å². The van der Waals surface area contributed by atoms with Gasteiger partial charge in [-0.3, -0.25) is 0 Å². The third-order valence-corrected chi connectivity index (χ3v) is 3.16. The molecule has 0 saturated carbocycles. The van der Waals surface area contributed by atoms with Crippen molar-refractivity contribution >= 4 is 23.4 Å². The molecule has 0 radical (unpaired) electrons. The van der Waals surface area contributed by atoms with Crippen molar-refractivity contribution in [3.05, 3.63) is 35.6 Å². The van der Waals surface area contributed by atoms with E-state index in [0.29, 0.717) is 10.2 Å². The Hall–Kier alpha value is -1.00. The molecule has 0 amide bonds. The molecule has 72 valence electrons. The van der Waals surface area contributed by atoms with Crippen molar-refractivity contribution in [1.29, 1.82) is 0 Å². The van der Waals surface area contributed by atoms with Crippen LogP contribution in [0.3, 0.4) is 0 Å². The molecule has 2 rings (SSSR count). The second-order valence-electron chi connectivity index (χ2n) is 2.60. The van der Waals surface area contributed by atoms with Gasteiger partial charge in [-0.25, -0.2) is 9.97 Å². The molecule has 0 fully saturated rings. The molecule has 0 aliphatic heterocycles. The fraction of sp³-hybridized carbons (Fsp3) is 0.111. The van der Waals surface area contributed by atoms with E-state index in [0.717, 1.165) is 10.7 Å². The number of furan rings is 1. The van der Waals surface area contributed by atoms with E-state index >= 15 is 0 Å². The summed E-state index contributed by atoms with van der Waals surface area (Å²) in [7, 11) is 0. The second kappa shape index (κ2) is 4.02. The van der Waals surface area contributed by atoms with Gasteiger partial charge < -0.3 is 4.42 Å². The molecule has 0 bridgehead atoms. The first-order valence-electron chi connectivity index (χ1n) is 3.96.